The van der Waals surface area contributed by atoms with E-state index in [0.29, 0.717) is 19.5 Å². The summed E-state index contributed by atoms with van der Waals surface area (Å²) < 4.78 is 14.8. The molecule has 0 aliphatic carbocycles. The molecule has 99 valence electrons. The zero-order valence-electron chi connectivity index (χ0n) is 9.24. The van der Waals surface area contributed by atoms with Crippen LogP contribution in [0, 0.1) is 0 Å². The molecule has 0 spiro atoms. The molecule has 0 aromatic heterocycles. The minimum atomic E-state index is -4.51. The Bertz CT molecular complexity index is 306. The molecule has 17 heavy (non-hydrogen) atoms. The second-order valence-corrected chi connectivity index (χ2v) is 5.08. The van der Waals surface area contributed by atoms with Crippen LogP contribution in [0.1, 0.15) is 6.42 Å². The molecule has 1 aliphatic heterocycles. The third-order valence-electron chi connectivity index (χ3n) is 2.27. The molecule has 0 aromatic carbocycles. The molecule has 1 amide bonds. The van der Waals surface area contributed by atoms with Crippen molar-refractivity contribution in [2.45, 2.75) is 12.5 Å². The second-order valence-electron chi connectivity index (χ2n) is 3.84. The number of carbonyl (C=O) groups is 1. The molecule has 1 radical (unpaired) electrons. The molecule has 1 fully saturated rings. The van der Waals surface area contributed by atoms with Gasteiger partial charge >= 0.3 is 7.82 Å². The first kappa shape index (κ1) is 14.6. The summed E-state index contributed by atoms with van der Waals surface area (Å²) in [6.07, 6.45) is 0.444. The Morgan fingerprint density at radius 1 is 1.53 bits per heavy atom. The summed E-state index contributed by atoms with van der Waals surface area (Å²) in [6.45, 7) is 0.674. The zero-order chi connectivity index (χ0) is 12.9. The number of hydrogen-bond acceptors (Lipinski definition) is 4. The van der Waals surface area contributed by atoms with Crippen LogP contribution < -0.4 is 5.32 Å². The lowest BCUT2D eigenvalue weighted by atomic mass is 10.2. The van der Waals surface area contributed by atoms with Gasteiger partial charge in [-0.25, -0.2) is 9.67 Å². The number of carbonyl (C=O) groups excluding carboxylic acids is 1. The molecule has 3 N–H and O–H groups in total. The van der Waals surface area contributed by atoms with E-state index in [-0.39, 0.29) is 25.7 Å². The summed E-state index contributed by atoms with van der Waals surface area (Å²) in [5, 5.41) is 12.9. The Labute approximate surface area is 98.8 Å². The molecule has 0 saturated carbocycles. The predicted molar refractivity (Wildman–Crippen MR) is 56.5 cm³/mol. The van der Waals surface area contributed by atoms with Crippen LogP contribution in [0.25, 0.3) is 0 Å². The average molecular weight is 267 g/mol. The van der Waals surface area contributed by atoms with Crippen LogP contribution in [0.5, 0.6) is 0 Å². The first-order valence-corrected chi connectivity index (χ1v) is 6.73. The summed E-state index contributed by atoms with van der Waals surface area (Å²) in [5.41, 5.74) is 0. The third kappa shape index (κ3) is 6.11. The molecule has 0 aromatic rings. The smallest absolute Gasteiger partial charge is 0.349 e. The van der Waals surface area contributed by atoms with Crippen molar-refractivity contribution in [3.63, 3.8) is 0 Å². The normalized spacial score (nSPS) is 22.5. The van der Waals surface area contributed by atoms with E-state index < -0.39 is 13.9 Å². The quantitative estimate of drug-likeness (QED) is 0.515. The molecule has 9 heteroatoms. The van der Waals surface area contributed by atoms with Crippen molar-refractivity contribution < 1.29 is 28.8 Å². The van der Waals surface area contributed by atoms with Gasteiger partial charge in [-0.1, -0.05) is 0 Å². The van der Waals surface area contributed by atoms with Crippen LogP contribution in [0.2, 0.25) is 0 Å². The minimum Gasteiger partial charge on any atom is -0.349 e. The number of hydrogen-bond donors (Lipinski definition) is 3. The summed E-state index contributed by atoms with van der Waals surface area (Å²) >= 11 is 0. The van der Waals surface area contributed by atoms with Gasteiger partial charge in [0.25, 0.3) is 0 Å². The lowest BCUT2D eigenvalue weighted by Gasteiger charge is -2.32. The predicted octanol–water partition coefficient (Wildman–Crippen LogP) is -1.28. The van der Waals surface area contributed by atoms with Crippen molar-refractivity contribution in [1.29, 1.82) is 0 Å². The van der Waals surface area contributed by atoms with Gasteiger partial charge < -0.3 is 15.1 Å². The number of amides is 1. The Morgan fingerprint density at radius 2 is 2.24 bits per heavy atom. The minimum absolute atomic E-state index is 0.201. The number of piperazine rings is 1. The lowest BCUT2D eigenvalue weighted by molar-refractivity contribution is -0.126. The highest BCUT2D eigenvalue weighted by atomic mass is 31.2. The number of rotatable bonds is 6. The van der Waals surface area contributed by atoms with E-state index in [4.69, 9.17) is 9.79 Å². The Hall–Kier alpha value is -0.500. The summed E-state index contributed by atoms with van der Waals surface area (Å²) in [5.74, 6) is -0.235. The second kappa shape index (κ2) is 6.44. The van der Waals surface area contributed by atoms with Gasteiger partial charge in [0.05, 0.1) is 25.8 Å². The van der Waals surface area contributed by atoms with Crippen LogP contribution in [-0.4, -0.2) is 59.5 Å². The van der Waals surface area contributed by atoms with E-state index >= 15 is 0 Å². The lowest BCUT2D eigenvalue weighted by Crippen LogP contribution is -2.55. The number of phosphoric acid groups is 1. The monoisotopic (exact) mass is 267 g/mol. The highest BCUT2D eigenvalue weighted by Crippen LogP contribution is 2.35. The van der Waals surface area contributed by atoms with Gasteiger partial charge in [0.2, 0.25) is 5.91 Å². The van der Waals surface area contributed by atoms with Crippen LogP contribution in [0.4, 0.5) is 0 Å². The fraction of sp³-hybridized carbons (Fsp3) is 0.875. The fourth-order valence-electron chi connectivity index (χ4n) is 1.64. The molecule has 1 atom stereocenters. The summed E-state index contributed by atoms with van der Waals surface area (Å²) in [4.78, 5) is 30.1. The molecular weight excluding hydrogens is 251 g/mol. The van der Waals surface area contributed by atoms with Gasteiger partial charge in [0.15, 0.2) is 0 Å². The Balaban J connectivity index is 2.39. The topological polar surface area (TPSA) is 119 Å². The van der Waals surface area contributed by atoms with Gasteiger partial charge in [-0.2, -0.15) is 0 Å². The third-order valence-corrected chi connectivity index (χ3v) is 2.76. The Morgan fingerprint density at radius 3 is 2.82 bits per heavy atom. The van der Waals surface area contributed by atoms with E-state index in [1.54, 1.807) is 4.90 Å². The molecule has 8 nitrogen and oxygen atoms in total. The molecule has 1 aliphatic rings. The maximum Gasteiger partial charge on any atom is 0.469 e. The van der Waals surface area contributed by atoms with Crippen molar-refractivity contribution in [2.75, 3.05) is 32.8 Å². The van der Waals surface area contributed by atoms with Gasteiger partial charge in [-0.3, -0.25) is 14.2 Å². The highest BCUT2D eigenvalue weighted by molar-refractivity contribution is 7.46. The van der Waals surface area contributed by atoms with E-state index in [1.165, 1.54) is 0 Å². The van der Waals surface area contributed by atoms with Gasteiger partial charge in [-0.05, 0) is 6.42 Å². The van der Waals surface area contributed by atoms with Crippen LogP contribution >= 0.6 is 7.82 Å². The molecule has 1 rings (SSSR count). The van der Waals surface area contributed by atoms with Crippen molar-refractivity contribution >= 4 is 13.7 Å². The van der Waals surface area contributed by atoms with Crippen molar-refractivity contribution in [2.24, 2.45) is 0 Å². The van der Waals surface area contributed by atoms with Gasteiger partial charge in [-0.15, -0.1) is 0 Å². The van der Waals surface area contributed by atoms with E-state index in [0.717, 1.165) is 0 Å². The molecule has 1 heterocycles. The number of nitrogens with one attached hydrogen (secondary N) is 1. The number of phosphoric ester groups is 1. The van der Waals surface area contributed by atoms with Gasteiger partial charge in [0, 0.05) is 13.1 Å². The van der Waals surface area contributed by atoms with Crippen LogP contribution in [0.3, 0.4) is 0 Å². The van der Waals surface area contributed by atoms with E-state index in [2.05, 4.69) is 9.84 Å². The average Bonchev–Trinajstić information content (AvgIpc) is 2.22. The summed E-state index contributed by atoms with van der Waals surface area (Å²) in [7, 11) is -4.51. The van der Waals surface area contributed by atoms with Crippen molar-refractivity contribution in [3.05, 3.63) is 0 Å². The number of nitrogens with zero attached hydrogens (tertiary/aromatic N) is 1. The van der Waals surface area contributed by atoms with E-state index in [9.17, 15) is 14.5 Å². The van der Waals surface area contributed by atoms with Gasteiger partial charge in [0.1, 0.15) is 0 Å². The fourth-order valence-corrected chi connectivity index (χ4v) is 2.01. The van der Waals surface area contributed by atoms with Crippen LogP contribution in [-0.2, 0) is 19.0 Å². The Kier molecular flexibility index (Phi) is 5.51. The van der Waals surface area contributed by atoms with Crippen molar-refractivity contribution in [3.8, 4) is 0 Å². The maximum absolute atomic E-state index is 11.3. The molecule has 1 saturated heterocycles. The van der Waals surface area contributed by atoms with E-state index in [1.807, 2.05) is 0 Å². The first-order valence-electron chi connectivity index (χ1n) is 5.20. The summed E-state index contributed by atoms with van der Waals surface area (Å²) in [6, 6.07) is -0.462. The van der Waals surface area contributed by atoms with Crippen molar-refractivity contribution in [1.82, 2.24) is 10.2 Å². The van der Waals surface area contributed by atoms with Crippen LogP contribution in [0.15, 0.2) is 0 Å². The standard InChI is InChI=1S/C8H16N2O6P/c11-3-1-2-10-4-7(9-8(12)5-10)6-16-17(13,14)15/h7H,1-6H2,(H,9,12)(H2,13,14,15). The largest absolute Gasteiger partial charge is 0.469 e. The SMILES string of the molecule is [O]CCCN1CC(=O)NC(COP(=O)(O)O)C1. The molecular formula is C8H16N2O6P. The zero-order valence-corrected chi connectivity index (χ0v) is 10.1. The maximum atomic E-state index is 11.3. The highest BCUT2D eigenvalue weighted by Gasteiger charge is 2.26. The molecule has 1 unspecified atom stereocenters. The molecule has 0 bridgehead atoms. The first-order chi connectivity index (χ1) is 7.90.